The van der Waals surface area contributed by atoms with Gasteiger partial charge in [-0.25, -0.2) is 0 Å². The molecule has 1 aliphatic heterocycles. The van der Waals surface area contributed by atoms with Crippen molar-refractivity contribution >= 4 is 5.69 Å². The van der Waals surface area contributed by atoms with E-state index in [1.165, 1.54) is 7.11 Å². The number of ether oxygens (including phenoxy) is 4. The van der Waals surface area contributed by atoms with Crippen LogP contribution in [0.4, 0.5) is 32.0 Å². The Kier molecular flexibility index (Phi) is 8.28. The predicted molar refractivity (Wildman–Crippen MR) is 136 cm³/mol. The number of hydrogen-bond donors (Lipinski definition) is 1. The van der Waals surface area contributed by atoms with Gasteiger partial charge in [0.2, 0.25) is 0 Å². The van der Waals surface area contributed by atoms with Gasteiger partial charge in [0.15, 0.2) is 0 Å². The van der Waals surface area contributed by atoms with Crippen LogP contribution >= 0.6 is 0 Å². The maximum Gasteiger partial charge on any atom is 0.416 e. The van der Waals surface area contributed by atoms with Crippen molar-refractivity contribution in [2.45, 2.75) is 57.2 Å². The van der Waals surface area contributed by atoms with E-state index in [2.05, 4.69) is 5.32 Å². The Morgan fingerprint density at radius 1 is 0.825 bits per heavy atom. The number of nitrogens with one attached hydrogen (secondary N) is 1. The Hall–Kier alpha value is -3.44. The van der Waals surface area contributed by atoms with Gasteiger partial charge in [-0.2, -0.15) is 26.3 Å². The fraction of sp³-hybridized carbons (Fsp3) is 0.379. The third-order valence-corrected chi connectivity index (χ3v) is 6.64. The number of rotatable bonds is 8. The Balaban J connectivity index is 1.56. The van der Waals surface area contributed by atoms with E-state index in [9.17, 15) is 26.3 Å². The summed E-state index contributed by atoms with van der Waals surface area (Å²) in [6.07, 6.45) is -11.5. The minimum atomic E-state index is -4.95. The molecule has 0 saturated carbocycles. The number of benzene rings is 3. The summed E-state index contributed by atoms with van der Waals surface area (Å²) in [7, 11) is 3.04. The Morgan fingerprint density at radius 2 is 1.45 bits per heavy atom. The monoisotopic (exact) mass is 569 g/mol. The second-order valence-corrected chi connectivity index (χ2v) is 9.96. The third kappa shape index (κ3) is 6.64. The zero-order chi connectivity index (χ0) is 29.3. The van der Waals surface area contributed by atoms with Crippen LogP contribution in [0.15, 0.2) is 60.7 Å². The van der Waals surface area contributed by atoms with E-state index in [4.69, 9.17) is 18.9 Å². The summed E-state index contributed by atoms with van der Waals surface area (Å²) in [5, 5.41) is 3.32. The molecular weight excluding hydrogens is 540 g/mol. The first-order chi connectivity index (χ1) is 18.7. The first-order valence-electron chi connectivity index (χ1n) is 12.3. The molecule has 216 valence electrons. The molecule has 2 unspecified atom stereocenters. The van der Waals surface area contributed by atoms with Gasteiger partial charge in [-0.3, -0.25) is 0 Å². The minimum Gasteiger partial charge on any atom is -0.497 e. The molecule has 0 fully saturated rings. The van der Waals surface area contributed by atoms with E-state index < -0.39 is 47.9 Å². The van der Waals surface area contributed by atoms with E-state index in [1.807, 2.05) is 36.4 Å². The van der Waals surface area contributed by atoms with Crippen LogP contribution in [-0.4, -0.2) is 25.9 Å². The van der Waals surface area contributed by atoms with E-state index in [-0.39, 0.29) is 11.6 Å². The lowest BCUT2D eigenvalue weighted by molar-refractivity contribution is -0.159. The minimum absolute atomic E-state index is 0.0891. The molecule has 0 aromatic heterocycles. The van der Waals surface area contributed by atoms with Crippen LogP contribution in [0, 0.1) is 0 Å². The topological polar surface area (TPSA) is 49.0 Å². The highest BCUT2D eigenvalue weighted by atomic mass is 19.4. The fourth-order valence-electron chi connectivity index (χ4n) is 4.62. The van der Waals surface area contributed by atoms with Crippen molar-refractivity contribution in [1.82, 2.24) is 0 Å². The molecule has 4 rings (SSSR count). The molecule has 0 saturated heterocycles. The molecular formula is C29H29F6NO4. The van der Waals surface area contributed by atoms with Crippen molar-refractivity contribution < 1.29 is 45.3 Å². The second-order valence-electron chi connectivity index (χ2n) is 9.96. The lowest BCUT2D eigenvalue weighted by atomic mass is 9.87. The summed E-state index contributed by atoms with van der Waals surface area (Å²) >= 11 is 0. The molecule has 1 N–H and O–H groups in total. The van der Waals surface area contributed by atoms with Gasteiger partial charge in [0.25, 0.3) is 0 Å². The summed E-state index contributed by atoms with van der Waals surface area (Å²) in [6.45, 7) is 3.43. The Labute approximate surface area is 228 Å². The largest absolute Gasteiger partial charge is 0.497 e. The maximum atomic E-state index is 13.3. The van der Waals surface area contributed by atoms with Gasteiger partial charge >= 0.3 is 12.4 Å². The van der Waals surface area contributed by atoms with Crippen molar-refractivity contribution in [2.24, 2.45) is 0 Å². The molecule has 2 atom stereocenters. The normalized spacial score (nSPS) is 18.6. The first kappa shape index (κ1) is 29.5. The third-order valence-electron chi connectivity index (χ3n) is 6.64. The standard InChI is InChI=1S/C29H29F6NO4/c1-27(2)26(39-16-18-11-19(28(30,31)32)13-20(12-18)29(33,34)35)25(38-4)23-14-21(7-10-24(23)40-27)36-15-17-5-8-22(37-3)9-6-17/h5-14,25-26,36H,15-16H2,1-4H3. The Morgan fingerprint density at radius 3 is 2.00 bits per heavy atom. The molecule has 0 spiro atoms. The number of halogens is 6. The number of hydrogen-bond acceptors (Lipinski definition) is 5. The molecule has 0 aliphatic carbocycles. The van der Waals surface area contributed by atoms with Gasteiger partial charge in [-0.15, -0.1) is 0 Å². The van der Waals surface area contributed by atoms with Crippen molar-refractivity contribution in [3.05, 3.63) is 88.5 Å². The number of alkyl halides is 6. The highest BCUT2D eigenvalue weighted by Gasteiger charge is 2.45. The first-order valence-corrected chi connectivity index (χ1v) is 12.3. The summed E-state index contributed by atoms with van der Waals surface area (Å²) in [6, 6.07) is 14.4. The van der Waals surface area contributed by atoms with Crippen LogP contribution in [0.2, 0.25) is 0 Å². The average Bonchev–Trinajstić information content (AvgIpc) is 2.89. The van der Waals surface area contributed by atoms with Gasteiger partial charge in [0.1, 0.15) is 29.3 Å². The van der Waals surface area contributed by atoms with Crippen LogP contribution in [-0.2, 0) is 35.0 Å². The summed E-state index contributed by atoms with van der Waals surface area (Å²) < 4.78 is 103. The van der Waals surface area contributed by atoms with E-state index in [0.29, 0.717) is 30.0 Å². The number of anilines is 1. The van der Waals surface area contributed by atoms with Gasteiger partial charge in [0, 0.05) is 24.9 Å². The molecule has 11 heteroatoms. The molecule has 3 aromatic rings. The van der Waals surface area contributed by atoms with Crippen molar-refractivity contribution in [3.8, 4) is 11.5 Å². The van der Waals surface area contributed by atoms with Crippen LogP contribution in [0.3, 0.4) is 0 Å². The molecule has 1 heterocycles. The van der Waals surface area contributed by atoms with Gasteiger partial charge < -0.3 is 24.3 Å². The SMILES string of the molecule is COc1ccc(CNc2ccc3c(c2)C(OC)C(OCc2cc(C(F)(F)F)cc(C(F)(F)F)c2)C(C)(C)O3)cc1. The molecule has 3 aromatic carbocycles. The molecule has 0 radical (unpaired) electrons. The molecule has 0 bridgehead atoms. The van der Waals surface area contributed by atoms with Crippen LogP contribution in [0.5, 0.6) is 11.5 Å². The smallest absolute Gasteiger partial charge is 0.416 e. The zero-order valence-electron chi connectivity index (χ0n) is 22.2. The van der Waals surface area contributed by atoms with E-state index in [1.54, 1.807) is 27.0 Å². The van der Waals surface area contributed by atoms with Crippen LogP contribution in [0.25, 0.3) is 0 Å². The van der Waals surface area contributed by atoms with E-state index in [0.717, 1.165) is 17.0 Å². The Bertz CT molecular complexity index is 1290. The summed E-state index contributed by atoms with van der Waals surface area (Å²) in [5.41, 5.74) is -1.69. The van der Waals surface area contributed by atoms with Crippen molar-refractivity contribution in [2.75, 3.05) is 19.5 Å². The lowest BCUT2D eigenvalue weighted by Crippen LogP contribution is -2.50. The van der Waals surface area contributed by atoms with Crippen LogP contribution in [0.1, 0.15) is 47.8 Å². The summed E-state index contributed by atoms with van der Waals surface area (Å²) in [4.78, 5) is 0. The average molecular weight is 570 g/mol. The second kappa shape index (κ2) is 11.2. The van der Waals surface area contributed by atoms with E-state index >= 15 is 0 Å². The van der Waals surface area contributed by atoms with Gasteiger partial charge in [0.05, 0.1) is 24.8 Å². The summed E-state index contributed by atoms with van der Waals surface area (Å²) in [5.74, 6) is 1.27. The van der Waals surface area contributed by atoms with Crippen LogP contribution < -0.4 is 14.8 Å². The quantitative estimate of drug-likeness (QED) is 0.281. The zero-order valence-corrected chi connectivity index (χ0v) is 22.2. The maximum absolute atomic E-state index is 13.3. The molecule has 5 nitrogen and oxygen atoms in total. The fourth-order valence-corrected chi connectivity index (χ4v) is 4.62. The molecule has 40 heavy (non-hydrogen) atoms. The van der Waals surface area contributed by atoms with Gasteiger partial charge in [-0.1, -0.05) is 12.1 Å². The van der Waals surface area contributed by atoms with Crippen molar-refractivity contribution in [3.63, 3.8) is 0 Å². The van der Waals surface area contributed by atoms with Gasteiger partial charge in [-0.05, 0) is 73.5 Å². The highest BCUT2D eigenvalue weighted by molar-refractivity contribution is 5.54. The number of methoxy groups -OCH3 is 2. The molecule has 1 aliphatic rings. The predicted octanol–water partition coefficient (Wildman–Crippen LogP) is 7.79. The highest BCUT2D eigenvalue weighted by Crippen LogP contribution is 2.45. The van der Waals surface area contributed by atoms with Crippen molar-refractivity contribution in [1.29, 1.82) is 0 Å². The molecule has 0 amide bonds. The lowest BCUT2D eigenvalue weighted by Gasteiger charge is -2.44. The number of fused-ring (bicyclic) bond motifs is 1.